The molecule has 1 aromatic carbocycles. The van der Waals surface area contributed by atoms with Gasteiger partial charge in [0, 0.05) is 30.0 Å². The molecule has 8 heteroatoms. The van der Waals surface area contributed by atoms with Crippen molar-refractivity contribution >= 4 is 28.8 Å². The van der Waals surface area contributed by atoms with Crippen molar-refractivity contribution in [3.63, 3.8) is 0 Å². The van der Waals surface area contributed by atoms with E-state index < -0.39 is 5.92 Å². The van der Waals surface area contributed by atoms with Crippen molar-refractivity contribution in [1.29, 1.82) is 0 Å². The maximum atomic E-state index is 13.2. The normalized spacial score (nSPS) is 20.6. The minimum atomic E-state index is -0.446. The van der Waals surface area contributed by atoms with Gasteiger partial charge in [0.25, 0.3) is 0 Å². The van der Waals surface area contributed by atoms with E-state index >= 15 is 0 Å². The lowest BCUT2D eigenvalue weighted by molar-refractivity contribution is -0.127. The van der Waals surface area contributed by atoms with Crippen LogP contribution in [0.15, 0.2) is 41.8 Å². The standard InChI is InChI=1S/C22H23N5O2S/c1-14-6-8-15(9-7-14)27-20(28)12-16(21(27)17-4-3-11-30-17)22(29)23-13-19-25-24-18-5-2-10-26(18)19/h3-4,6-9,11,16,21H,2,5,10,12-13H2,1H3,(H,23,29)/t16-,21-/m0/s1. The lowest BCUT2D eigenvalue weighted by Gasteiger charge is -2.27. The lowest BCUT2D eigenvalue weighted by atomic mass is 9.97. The number of hydrogen-bond donors (Lipinski definition) is 1. The summed E-state index contributed by atoms with van der Waals surface area (Å²) in [6.07, 6.45) is 2.19. The van der Waals surface area contributed by atoms with Crippen LogP contribution in [0.5, 0.6) is 0 Å². The molecule has 2 aliphatic heterocycles. The first-order valence-corrected chi connectivity index (χ1v) is 11.1. The zero-order valence-electron chi connectivity index (χ0n) is 16.7. The van der Waals surface area contributed by atoms with E-state index in [9.17, 15) is 9.59 Å². The molecule has 7 nitrogen and oxygen atoms in total. The van der Waals surface area contributed by atoms with Gasteiger partial charge in [-0.05, 0) is 36.9 Å². The average Bonchev–Trinajstić information content (AvgIpc) is 3.51. The van der Waals surface area contributed by atoms with Gasteiger partial charge in [0.2, 0.25) is 11.8 Å². The van der Waals surface area contributed by atoms with E-state index in [0.717, 1.165) is 47.2 Å². The van der Waals surface area contributed by atoms with Crippen molar-refractivity contribution in [2.24, 2.45) is 5.92 Å². The van der Waals surface area contributed by atoms with Crippen LogP contribution in [0.4, 0.5) is 5.69 Å². The molecule has 3 aromatic rings. The Morgan fingerprint density at radius 3 is 2.83 bits per heavy atom. The van der Waals surface area contributed by atoms with Crippen molar-refractivity contribution in [2.75, 3.05) is 4.90 Å². The first-order chi connectivity index (χ1) is 14.6. The van der Waals surface area contributed by atoms with Gasteiger partial charge < -0.3 is 14.8 Å². The molecule has 2 aliphatic rings. The summed E-state index contributed by atoms with van der Waals surface area (Å²) in [6, 6.07) is 11.6. The Morgan fingerprint density at radius 2 is 2.07 bits per heavy atom. The second-order valence-electron chi connectivity index (χ2n) is 7.88. The molecule has 1 N–H and O–H groups in total. The fourth-order valence-corrected chi connectivity index (χ4v) is 5.28. The fourth-order valence-electron chi connectivity index (χ4n) is 4.40. The molecule has 0 unspecified atom stereocenters. The number of aryl methyl sites for hydroxylation is 2. The highest BCUT2D eigenvalue weighted by Crippen LogP contribution is 2.43. The van der Waals surface area contributed by atoms with Gasteiger partial charge >= 0.3 is 0 Å². The van der Waals surface area contributed by atoms with Gasteiger partial charge in [-0.25, -0.2) is 0 Å². The molecule has 0 saturated carbocycles. The van der Waals surface area contributed by atoms with Gasteiger partial charge in [0.15, 0.2) is 5.82 Å². The zero-order valence-corrected chi connectivity index (χ0v) is 17.6. The summed E-state index contributed by atoms with van der Waals surface area (Å²) in [4.78, 5) is 29.0. The van der Waals surface area contributed by atoms with Crippen LogP contribution in [0.2, 0.25) is 0 Å². The minimum absolute atomic E-state index is 0.0271. The summed E-state index contributed by atoms with van der Waals surface area (Å²) in [6.45, 7) is 3.25. The first-order valence-electron chi connectivity index (χ1n) is 10.2. The van der Waals surface area contributed by atoms with Crippen molar-refractivity contribution < 1.29 is 9.59 Å². The van der Waals surface area contributed by atoms with E-state index in [-0.39, 0.29) is 24.3 Å². The number of carbonyl (C=O) groups excluding carboxylic acids is 2. The summed E-state index contributed by atoms with van der Waals surface area (Å²) in [5.41, 5.74) is 1.96. The smallest absolute Gasteiger partial charge is 0.228 e. The molecule has 2 amide bonds. The van der Waals surface area contributed by atoms with Crippen LogP contribution >= 0.6 is 11.3 Å². The number of aromatic nitrogens is 3. The molecule has 2 aromatic heterocycles. The number of benzene rings is 1. The fraction of sp³-hybridized carbons (Fsp3) is 0.364. The summed E-state index contributed by atoms with van der Waals surface area (Å²) < 4.78 is 2.08. The SMILES string of the molecule is Cc1ccc(N2C(=O)C[C@H](C(=O)NCc3nnc4n3CCC4)[C@H]2c2cccs2)cc1. The van der Waals surface area contributed by atoms with Gasteiger partial charge in [-0.15, -0.1) is 21.5 Å². The molecule has 30 heavy (non-hydrogen) atoms. The summed E-state index contributed by atoms with van der Waals surface area (Å²) in [5, 5.41) is 13.4. The van der Waals surface area contributed by atoms with E-state index in [0.29, 0.717) is 6.54 Å². The number of rotatable bonds is 5. The molecule has 0 aliphatic carbocycles. The van der Waals surface area contributed by atoms with Crippen LogP contribution in [0.1, 0.15) is 41.0 Å². The molecule has 4 heterocycles. The Morgan fingerprint density at radius 1 is 1.23 bits per heavy atom. The molecule has 154 valence electrons. The quantitative estimate of drug-likeness (QED) is 0.687. The summed E-state index contributed by atoms with van der Waals surface area (Å²) >= 11 is 1.58. The van der Waals surface area contributed by atoms with Crippen molar-refractivity contribution in [2.45, 2.75) is 45.3 Å². The van der Waals surface area contributed by atoms with Gasteiger partial charge in [0.1, 0.15) is 5.82 Å². The molecule has 1 fully saturated rings. The molecule has 2 atom stereocenters. The highest BCUT2D eigenvalue weighted by atomic mass is 32.1. The van der Waals surface area contributed by atoms with Crippen LogP contribution in [0, 0.1) is 12.8 Å². The number of nitrogens with zero attached hydrogens (tertiary/aromatic N) is 4. The first kappa shape index (κ1) is 19.0. The van der Waals surface area contributed by atoms with Crippen LogP contribution in [0.25, 0.3) is 0 Å². The van der Waals surface area contributed by atoms with Crippen LogP contribution < -0.4 is 10.2 Å². The predicted molar refractivity (Wildman–Crippen MR) is 114 cm³/mol. The largest absolute Gasteiger partial charge is 0.348 e. The number of carbonyl (C=O) groups is 2. The Kier molecular flexibility index (Phi) is 4.86. The molecule has 1 saturated heterocycles. The highest BCUT2D eigenvalue weighted by Gasteiger charge is 2.45. The van der Waals surface area contributed by atoms with Crippen molar-refractivity contribution in [3.8, 4) is 0 Å². The number of hydrogen-bond acceptors (Lipinski definition) is 5. The van der Waals surface area contributed by atoms with Gasteiger partial charge in [0.05, 0.1) is 18.5 Å². The van der Waals surface area contributed by atoms with Crippen LogP contribution in [-0.4, -0.2) is 26.6 Å². The maximum absolute atomic E-state index is 13.2. The molecule has 0 spiro atoms. The van der Waals surface area contributed by atoms with Crippen LogP contribution in [0.3, 0.4) is 0 Å². The molecule has 5 rings (SSSR count). The average molecular weight is 422 g/mol. The van der Waals surface area contributed by atoms with E-state index in [1.54, 1.807) is 16.2 Å². The van der Waals surface area contributed by atoms with E-state index in [4.69, 9.17) is 0 Å². The number of anilines is 1. The molecular formula is C22H23N5O2S. The lowest BCUT2D eigenvalue weighted by Crippen LogP contribution is -2.35. The Labute approximate surface area is 178 Å². The Balaban J connectivity index is 1.39. The molecular weight excluding hydrogens is 398 g/mol. The van der Waals surface area contributed by atoms with Crippen LogP contribution in [-0.2, 0) is 29.1 Å². The number of thiophene rings is 1. The third-order valence-corrected chi connectivity index (χ3v) is 6.86. The summed E-state index contributed by atoms with van der Waals surface area (Å²) in [7, 11) is 0. The third kappa shape index (κ3) is 3.31. The zero-order chi connectivity index (χ0) is 20.7. The van der Waals surface area contributed by atoms with Gasteiger partial charge in [-0.2, -0.15) is 0 Å². The molecule has 0 bridgehead atoms. The number of amides is 2. The van der Waals surface area contributed by atoms with E-state index in [2.05, 4.69) is 20.1 Å². The van der Waals surface area contributed by atoms with Gasteiger partial charge in [-0.3, -0.25) is 9.59 Å². The molecule has 0 radical (unpaired) electrons. The Bertz CT molecular complexity index is 1070. The second-order valence-corrected chi connectivity index (χ2v) is 8.85. The van der Waals surface area contributed by atoms with E-state index in [1.807, 2.05) is 48.7 Å². The van der Waals surface area contributed by atoms with E-state index in [1.165, 1.54) is 0 Å². The Hall–Kier alpha value is -3.00. The number of nitrogens with one attached hydrogen (secondary N) is 1. The third-order valence-electron chi connectivity index (χ3n) is 5.91. The van der Waals surface area contributed by atoms with Crippen molar-refractivity contribution in [3.05, 3.63) is 63.9 Å². The van der Waals surface area contributed by atoms with Gasteiger partial charge in [-0.1, -0.05) is 23.8 Å². The highest BCUT2D eigenvalue weighted by molar-refractivity contribution is 7.10. The van der Waals surface area contributed by atoms with Crippen molar-refractivity contribution in [1.82, 2.24) is 20.1 Å². The minimum Gasteiger partial charge on any atom is -0.348 e. The predicted octanol–water partition coefficient (Wildman–Crippen LogP) is 3.00. The second kappa shape index (κ2) is 7.68. The summed E-state index contributed by atoms with van der Waals surface area (Å²) in [5.74, 6) is 1.17. The topological polar surface area (TPSA) is 80.1 Å². The number of fused-ring (bicyclic) bond motifs is 1. The maximum Gasteiger partial charge on any atom is 0.228 e. The monoisotopic (exact) mass is 421 g/mol.